The minimum absolute atomic E-state index is 0.309. The van der Waals surface area contributed by atoms with Crippen molar-refractivity contribution < 1.29 is 9.53 Å². The fourth-order valence-electron chi connectivity index (χ4n) is 2.45. The molecule has 0 spiro atoms. The lowest BCUT2D eigenvalue weighted by Crippen LogP contribution is -2.44. The Labute approximate surface area is 132 Å². The molecule has 2 rings (SSSR count). The average molecular weight is 305 g/mol. The van der Waals surface area contributed by atoms with Crippen LogP contribution in [-0.2, 0) is 11.3 Å². The molecule has 1 aliphatic carbocycles. The van der Waals surface area contributed by atoms with E-state index in [0.29, 0.717) is 18.6 Å². The second-order valence-corrected chi connectivity index (χ2v) is 7.11. The van der Waals surface area contributed by atoms with Crippen LogP contribution in [0.2, 0.25) is 0 Å². The number of nitrogens with one attached hydrogen (secondary N) is 1. The Balaban J connectivity index is 1.90. The van der Waals surface area contributed by atoms with Gasteiger partial charge in [0, 0.05) is 31.4 Å². The number of hydrogen-bond acceptors (Lipinski definition) is 4. The van der Waals surface area contributed by atoms with E-state index >= 15 is 0 Å². The number of carbonyl (C=O) groups is 1. The van der Waals surface area contributed by atoms with Crippen molar-refractivity contribution in [2.24, 2.45) is 5.73 Å². The van der Waals surface area contributed by atoms with Crippen molar-refractivity contribution in [3.63, 3.8) is 0 Å². The molecule has 0 aliphatic heterocycles. The van der Waals surface area contributed by atoms with Crippen LogP contribution < -0.4 is 11.1 Å². The van der Waals surface area contributed by atoms with Crippen molar-refractivity contribution in [2.45, 2.75) is 57.8 Å². The molecule has 1 amide bonds. The molecule has 3 N–H and O–H groups in total. The highest BCUT2D eigenvalue weighted by molar-refractivity contribution is 5.67. The number of hydrogen-bond donors (Lipinski definition) is 2. The Morgan fingerprint density at radius 1 is 1.41 bits per heavy atom. The van der Waals surface area contributed by atoms with E-state index in [2.05, 4.69) is 11.4 Å². The largest absolute Gasteiger partial charge is 0.444 e. The summed E-state index contributed by atoms with van der Waals surface area (Å²) in [6.07, 6.45) is 1.72. The number of ether oxygens (including phenoxy) is 1. The fraction of sp³-hybridized carbons (Fsp3) is 0.588. The van der Waals surface area contributed by atoms with E-state index in [1.165, 1.54) is 0 Å². The van der Waals surface area contributed by atoms with E-state index in [1.54, 1.807) is 11.9 Å². The third kappa shape index (κ3) is 4.91. The van der Waals surface area contributed by atoms with Crippen LogP contribution in [0.25, 0.3) is 0 Å². The maximum Gasteiger partial charge on any atom is 0.410 e. The number of nitrogens with two attached hydrogens (primary N) is 1. The Morgan fingerprint density at radius 2 is 2.09 bits per heavy atom. The first-order chi connectivity index (χ1) is 10.2. The lowest BCUT2D eigenvalue weighted by molar-refractivity contribution is 0.0285. The topological polar surface area (TPSA) is 67.6 Å². The first-order valence-corrected chi connectivity index (χ1v) is 7.78. The predicted octanol–water partition coefficient (Wildman–Crippen LogP) is 2.96. The third-order valence-corrected chi connectivity index (χ3v) is 3.60. The zero-order chi connectivity index (χ0) is 16.3. The van der Waals surface area contributed by atoms with Crippen LogP contribution in [0.15, 0.2) is 24.3 Å². The van der Waals surface area contributed by atoms with Gasteiger partial charge in [0.2, 0.25) is 0 Å². The van der Waals surface area contributed by atoms with E-state index in [0.717, 1.165) is 24.1 Å². The van der Waals surface area contributed by atoms with E-state index < -0.39 is 5.60 Å². The number of carbonyl (C=O) groups excluding carboxylic acids is 1. The Kier molecular flexibility index (Phi) is 4.96. The standard InChI is InChI=1S/C17H27N3O2/c1-17(2,3)22-16(21)20(4)11-12-6-5-7-14(8-12)19-15-9-13(18)10-15/h5-8,13,15,19H,9-11,18H2,1-4H3. The molecule has 22 heavy (non-hydrogen) atoms. The summed E-state index contributed by atoms with van der Waals surface area (Å²) in [6, 6.07) is 8.93. The molecule has 1 saturated carbocycles. The van der Waals surface area contributed by atoms with Crippen molar-refractivity contribution in [3.05, 3.63) is 29.8 Å². The summed E-state index contributed by atoms with van der Waals surface area (Å²) in [4.78, 5) is 13.6. The smallest absolute Gasteiger partial charge is 0.410 e. The van der Waals surface area contributed by atoms with Gasteiger partial charge >= 0.3 is 6.09 Å². The van der Waals surface area contributed by atoms with E-state index in [4.69, 9.17) is 10.5 Å². The molecule has 122 valence electrons. The molecular weight excluding hydrogens is 278 g/mol. The number of anilines is 1. The summed E-state index contributed by atoms with van der Waals surface area (Å²) >= 11 is 0. The van der Waals surface area contributed by atoms with Crippen molar-refractivity contribution in [3.8, 4) is 0 Å². The third-order valence-electron chi connectivity index (χ3n) is 3.60. The summed E-state index contributed by atoms with van der Waals surface area (Å²) in [6.45, 7) is 6.13. The quantitative estimate of drug-likeness (QED) is 0.897. The maximum absolute atomic E-state index is 12.0. The first kappa shape index (κ1) is 16.6. The van der Waals surface area contributed by atoms with Gasteiger partial charge in [-0.1, -0.05) is 12.1 Å². The Hall–Kier alpha value is -1.75. The van der Waals surface area contributed by atoms with Crippen LogP contribution in [0.4, 0.5) is 10.5 Å². The van der Waals surface area contributed by atoms with Gasteiger partial charge in [0.15, 0.2) is 0 Å². The molecule has 0 atom stereocenters. The van der Waals surface area contributed by atoms with Crippen molar-refractivity contribution >= 4 is 11.8 Å². The Morgan fingerprint density at radius 3 is 2.68 bits per heavy atom. The van der Waals surface area contributed by atoms with Gasteiger partial charge < -0.3 is 20.7 Å². The number of rotatable bonds is 4. The molecule has 5 heteroatoms. The fourth-order valence-corrected chi connectivity index (χ4v) is 2.45. The highest BCUT2D eigenvalue weighted by atomic mass is 16.6. The molecule has 1 aliphatic rings. The average Bonchev–Trinajstić information content (AvgIpc) is 2.35. The number of nitrogens with zero attached hydrogens (tertiary/aromatic N) is 1. The summed E-state index contributed by atoms with van der Waals surface area (Å²) in [5, 5.41) is 3.48. The van der Waals surface area contributed by atoms with Gasteiger partial charge in [-0.3, -0.25) is 0 Å². The van der Waals surface area contributed by atoms with Gasteiger partial charge in [-0.05, 0) is 51.3 Å². The van der Waals surface area contributed by atoms with Gasteiger partial charge in [0.05, 0.1) is 0 Å². The van der Waals surface area contributed by atoms with Crippen molar-refractivity contribution in [1.82, 2.24) is 4.90 Å². The summed E-state index contributed by atoms with van der Waals surface area (Å²) in [5.74, 6) is 0. The molecule has 1 aromatic carbocycles. The van der Waals surface area contributed by atoms with Crippen LogP contribution in [-0.4, -0.2) is 35.7 Å². The summed E-state index contributed by atoms with van der Waals surface area (Å²) in [5.41, 5.74) is 7.48. The molecule has 0 aromatic heterocycles. The number of amides is 1. The molecular formula is C17H27N3O2. The lowest BCUT2D eigenvalue weighted by atomic mass is 9.87. The predicted molar refractivity (Wildman–Crippen MR) is 88.8 cm³/mol. The molecule has 0 unspecified atom stereocenters. The first-order valence-electron chi connectivity index (χ1n) is 7.78. The van der Waals surface area contributed by atoms with Crippen LogP contribution in [0.3, 0.4) is 0 Å². The van der Waals surface area contributed by atoms with Gasteiger partial charge in [-0.15, -0.1) is 0 Å². The molecule has 1 fully saturated rings. The molecule has 0 heterocycles. The van der Waals surface area contributed by atoms with Crippen LogP contribution in [0.5, 0.6) is 0 Å². The van der Waals surface area contributed by atoms with Crippen LogP contribution >= 0.6 is 0 Å². The summed E-state index contributed by atoms with van der Waals surface area (Å²) < 4.78 is 5.36. The van der Waals surface area contributed by atoms with Gasteiger partial charge in [-0.2, -0.15) is 0 Å². The van der Waals surface area contributed by atoms with Gasteiger partial charge in [-0.25, -0.2) is 4.79 Å². The van der Waals surface area contributed by atoms with E-state index in [9.17, 15) is 4.79 Å². The van der Waals surface area contributed by atoms with E-state index in [1.807, 2.05) is 39.0 Å². The minimum atomic E-state index is -0.474. The SMILES string of the molecule is CN(Cc1cccc(NC2CC(N)C2)c1)C(=O)OC(C)(C)C. The molecule has 0 saturated heterocycles. The molecule has 1 aromatic rings. The van der Waals surface area contributed by atoms with Gasteiger partial charge in [0.1, 0.15) is 5.60 Å². The molecule has 0 bridgehead atoms. The minimum Gasteiger partial charge on any atom is -0.444 e. The number of benzene rings is 1. The zero-order valence-electron chi connectivity index (χ0n) is 13.9. The van der Waals surface area contributed by atoms with Crippen molar-refractivity contribution in [1.29, 1.82) is 0 Å². The van der Waals surface area contributed by atoms with Crippen molar-refractivity contribution in [2.75, 3.05) is 12.4 Å². The normalized spacial score (nSPS) is 21.0. The molecule has 0 radical (unpaired) electrons. The monoisotopic (exact) mass is 305 g/mol. The van der Waals surface area contributed by atoms with Crippen LogP contribution in [0.1, 0.15) is 39.2 Å². The second-order valence-electron chi connectivity index (χ2n) is 7.11. The maximum atomic E-state index is 12.0. The van der Waals surface area contributed by atoms with E-state index in [-0.39, 0.29) is 6.09 Å². The highest BCUT2D eigenvalue weighted by Crippen LogP contribution is 2.23. The highest BCUT2D eigenvalue weighted by Gasteiger charge is 2.25. The molecule has 5 nitrogen and oxygen atoms in total. The van der Waals surface area contributed by atoms with Crippen LogP contribution in [0, 0.1) is 0 Å². The lowest BCUT2D eigenvalue weighted by Gasteiger charge is -2.34. The van der Waals surface area contributed by atoms with Gasteiger partial charge in [0.25, 0.3) is 0 Å². The summed E-state index contributed by atoms with van der Waals surface area (Å²) in [7, 11) is 1.75. The zero-order valence-corrected chi connectivity index (χ0v) is 13.9. The second kappa shape index (κ2) is 6.57. The Bertz CT molecular complexity index is 519.